The highest BCUT2D eigenvalue weighted by atomic mass is 16.2. The first kappa shape index (κ1) is 19.4. The first-order chi connectivity index (χ1) is 13.0. The summed E-state index contributed by atoms with van der Waals surface area (Å²) in [6, 6.07) is 0.300. The average Bonchev–Trinajstić information content (AvgIpc) is 3.04. The zero-order valence-electron chi connectivity index (χ0n) is 16.2. The summed E-state index contributed by atoms with van der Waals surface area (Å²) in [7, 11) is 3.06. The molecule has 1 N–H and O–H groups in total. The quantitative estimate of drug-likeness (QED) is 0.856. The van der Waals surface area contributed by atoms with Gasteiger partial charge in [0, 0.05) is 33.1 Å². The second kappa shape index (κ2) is 8.54. The summed E-state index contributed by atoms with van der Waals surface area (Å²) >= 11 is 0. The van der Waals surface area contributed by atoms with Crippen molar-refractivity contribution in [3.8, 4) is 0 Å². The van der Waals surface area contributed by atoms with E-state index in [0.717, 1.165) is 17.4 Å². The lowest BCUT2D eigenvalue weighted by atomic mass is 9.96. The van der Waals surface area contributed by atoms with Gasteiger partial charge in [-0.15, -0.1) is 0 Å². The Kier molecular flexibility index (Phi) is 6.13. The van der Waals surface area contributed by atoms with Crippen molar-refractivity contribution < 1.29 is 4.79 Å². The summed E-state index contributed by atoms with van der Waals surface area (Å²) in [5, 5.41) is 3.17. The number of imidazole rings is 1. The maximum Gasteiger partial charge on any atom is 0.332 e. The van der Waals surface area contributed by atoms with Gasteiger partial charge in [-0.3, -0.25) is 18.7 Å². The largest absolute Gasteiger partial charge is 0.353 e. The third-order valence-electron chi connectivity index (χ3n) is 5.49. The zero-order chi connectivity index (χ0) is 19.4. The number of nitrogens with one attached hydrogen (secondary N) is 1. The maximum absolute atomic E-state index is 12.4. The van der Waals surface area contributed by atoms with Crippen LogP contribution in [0.1, 0.15) is 57.8 Å². The minimum Gasteiger partial charge on any atom is -0.353 e. The van der Waals surface area contributed by atoms with Gasteiger partial charge in [-0.2, -0.15) is 0 Å². The zero-order valence-corrected chi connectivity index (χ0v) is 16.2. The molecular weight excluding hydrogens is 346 g/mol. The maximum atomic E-state index is 12.4. The van der Waals surface area contributed by atoms with Crippen molar-refractivity contribution in [3.05, 3.63) is 27.2 Å². The molecule has 27 heavy (non-hydrogen) atoms. The molecule has 2 heterocycles. The van der Waals surface area contributed by atoms with Crippen LogP contribution in [0.2, 0.25) is 0 Å². The molecule has 0 spiro atoms. The summed E-state index contributed by atoms with van der Waals surface area (Å²) in [6.45, 7) is 0.516. The number of rotatable bonds is 5. The van der Waals surface area contributed by atoms with Crippen LogP contribution in [0.25, 0.3) is 11.2 Å². The van der Waals surface area contributed by atoms with Gasteiger partial charge in [0.25, 0.3) is 5.56 Å². The number of aromatic nitrogens is 4. The standard InChI is InChI=1S/C19H29N5O3/c1-22-17-16(18(26)23(2)19(22)27)24(13-20-17)12-8-11-15(25)21-14-9-6-4-3-5-7-10-14/h13-14H,3-12H2,1-2H3,(H,21,25). The van der Waals surface area contributed by atoms with E-state index in [2.05, 4.69) is 10.3 Å². The number of amides is 1. The molecular formula is C19H29N5O3. The van der Waals surface area contributed by atoms with Crippen molar-refractivity contribution in [3.63, 3.8) is 0 Å². The number of carbonyl (C=O) groups excluding carboxylic acids is 1. The molecule has 0 aromatic carbocycles. The summed E-state index contributed by atoms with van der Waals surface area (Å²) in [6.07, 6.45) is 11.0. The van der Waals surface area contributed by atoms with Gasteiger partial charge in [0.05, 0.1) is 6.33 Å². The van der Waals surface area contributed by atoms with E-state index in [-0.39, 0.29) is 11.5 Å². The van der Waals surface area contributed by atoms with Crippen molar-refractivity contribution in [2.75, 3.05) is 0 Å². The number of carbonyl (C=O) groups is 1. The molecule has 1 aliphatic carbocycles. The van der Waals surface area contributed by atoms with Gasteiger partial charge in [-0.05, 0) is 19.3 Å². The van der Waals surface area contributed by atoms with Crippen LogP contribution in [-0.2, 0) is 25.4 Å². The summed E-state index contributed by atoms with van der Waals surface area (Å²) in [4.78, 5) is 40.9. The van der Waals surface area contributed by atoms with E-state index in [9.17, 15) is 14.4 Å². The van der Waals surface area contributed by atoms with E-state index in [1.807, 2.05) is 0 Å². The smallest absolute Gasteiger partial charge is 0.332 e. The molecule has 8 heteroatoms. The number of aryl methyl sites for hydroxylation is 2. The molecule has 0 atom stereocenters. The average molecular weight is 375 g/mol. The number of hydrogen-bond acceptors (Lipinski definition) is 4. The Morgan fingerprint density at radius 1 is 1.11 bits per heavy atom. The molecule has 3 rings (SSSR count). The Morgan fingerprint density at radius 2 is 1.78 bits per heavy atom. The fourth-order valence-corrected chi connectivity index (χ4v) is 3.88. The van der Waals surface area contributed by atoms with E-state index in [4.69, 9.17) is 0 Å². The molecule has 1 fully saturated rings. The van der Waals surface area contributed by atoms with E-state index < -0.39 is 5.69 Å². The Bertz CT molecular complexity index is 916. The van der Waals surface area contributed by atoms with Crippen LogP contribution in [0.3, 0.4) is 0 Å². The van der Waals surface area contributed by atoms with Gasteiger partial charge >= 0.3 is 5.69 Å². The molecule has 0 aliphatic heterocycles. The predicted octanol–water partition coefficient (Wildman–Crippen LogP) is 1.44. The lowest BCUT2D eigenvalue weighted by molar-refractivity contribution is -0.122. The SMILES string of the molecule is Cn1c(=O)c2c(ncn2CCCC(=O)NC2CCCCCCC2)n(C)c1=O. The van der Waals surface area contributed by atoms with E-state index in [0.29, 0.717) is 36.6 Å². The van der Waals surface area contributed by atoms with Gasteiger partial charge in [0.1, 0.15) is 0 Å². The van der Waals surface area contributed by atoms with Crippen molar-refractivity contribution in [1.29, 1.82) is 0 Å². The van der Waals surface area contributed by atoms with Crippen LogP contribution < -0.4 is 16.6 Å². The van der Waals surface area contributed by atoms with Crippen LogP contribution in [0.15, 0.2) is 15.9 Å². The van der Waals surface area contributed by atoms with Gasteiger partial charge in [-0.25, -0.2) is 9.78 Å². The number of fused-ring (bicyclic) bond motifs is 1. The summed E-state index contributed by atoms with van der Waals surface area (Å²) in [5.74, 6) is 0.0743. The van der Waals surface area contributed by atoms with Crippen molar-refractivity contribution in [1.82, 2.24) is 24.0 Å². The normalized spacial score (nSPS) is 16.2. The van der Waals surface area contributed by atoms with Gasteiger partial charge in [0.2, 0.25) is 5.91 Å². The molecule has 8 nitrogen and oxygen atoms in total. The molecule has 0 saturated heterocycles. The fourth-order valence-electron chi connectivity index (χ4n) is 3.88. The highest BCUT2D eigenvalue weighted by Gasteiger charge is 2.16. The van der Waals surface area contributed by atoms with Crippen molar-refractivity contribution in [2.45, 2.75) is 70.4 Å². The van der Waals surface area contributed by atoms with Gasteiger partial charge in [0.15, 0.2) is 11.2 Å². The van der Waals surface area contributed by atoms with Crippen molar-refractivity contribution in [2.24, 2.45) is 14.1 Å². The molecule has 0 unspecified atom stereocenters. The molecule has 0 radical (unpaired) electrons. The molecule has 1 saturated carbocycles. The monoisotopic (exact) mass is 375 g/mol. The van der Waals surface area contributed by atoms with Crippen LogP contribution in [0.4, 0.5) is 0 Å². The molecule has 1 amide bonds. The summed E-state index contributed by atoms with van der Waals surface area (Å²) in [5.41, 5.74) is 0.0306. The minimum atomic E-state index is -0.392. The molecule has 0 bridgehead atoms. The van der Waals surface area contributed by atoms with Gasteiger partial charge < -0.3 is 9.88 Å². The second-order valence-corrected chi connectivity index (χ2v) is 7.53. The van der Waals surface area contributed by atoms with Crippen LogP contribution in [0, 0.1) is 0 Å². The second-order valence-electron chi connectivity index (χ2n) is 7.53. The number of hydrogen-bond donors (Lipinski definition) is 1. The first-order valence-electron chi connectivity index (χ1n) is 9.89. The van der Waals surface area contributed by atoms with Crippen LogP contribution >= 0.6 is 0 Å². The highest BCUT2D eigenvalue weighted by Crippen LogP contribution is 2.17. The third kappa shape index (κ3) is 4.31. The van der Waals surface area contributed by atoms with Crippen LogP contribution in [-0.4, -0.2) is 30.6 Å². The summed E-state index contributed by atoms with van der Waals surface area (Å²) < 4.78 is 4.19. The lowest BCUT2D eigenvalue weighted by Crippen LogP contribution is -2.37. The van der Waals surface area contributed by atoms with E-state index >= 15 is 0 Å². The van der Waals surface area contributed by atoms with Crippen molar-refractivity contribution >= 4 is 17.1 Å². The van der Waals surface area contributed by atoms with E-state index in [1.165, 1.54) is 43.7 Å². The highest BCUT2D eigenvalue weighted by molar-refractivity contribution is 5.76. The number of nitrogens with zero attached hydrogens (tertiary/aromatic N) is 4. The van der Waals surface area contributed by atoms with Crippen LogP contribution in [0.5, 0.6) is 0 Å². The lowest BCUT2D eigenvalue weighted by Gasteiger charge is -2.21. The molecule has 2 aromatic heterocycles. The molecule has 148 valence electrons. The topological polar surface area (TPSA) is 90.9 Å². The Labute approximate surface area is 158 Å². The predicted molar refractivity (Wildman–Crippen MR) is 104 cm³/mol. The fraction of sp³-hybridized carbons (Fsp3) is 0.684. The Balaban J connectivity index is 1.60. The van der Waals surface area contributed by atoms with Gasteiger partial charge in [-0.1, -0.05) is 32.1 Å². The molecule has 1 aliphatic rings. The first-order valence-corrected chi connectivity index (χ1v) is 9.89. The Hall–Kier alpha value is -2.38. The third-order valence-corrected chi connectivity index (χ3v) is 5.49. The Morgan fingerprint density at radius 3 is 2.48 bits per heavy atom. The molecule has 2 aromatic rings. The van der Waals surface area contributed by atoms with E-state index in [1.54, 1.807) is 17.9 Å². The minimum absolute atomic E-state index is 0.0743.